The molecule has 1 heterocycles. The van der Waals surface area contributed by atoms with Crippen molar-refractivity contribution in [1.82, 2.24) is 4.90 Å². The Morgan fingerprint density at radius 3 is 2.52 bits per heavy atom. The Labute approximate surface area is 131 Å². The summed E-state index contributed by atoms with van der Waals surface area (Å²) >= 11 is 12.0. The minimum atomic E-state index is -1.10. The molecule has 0 bridgehead atoms. The van der Waals surface area contributed by atoms with Gasteiger partial charge in [0, 0.05) is 12.1 Å². The summed E-state index contributed by atoms with van der Waals surface area (Å²) in [5, 5.41) is 9.38. The monoisotopic (exact) mass is 333 g/mol. The number of benzene rings is 1. The lowest BCUT2D eigenvalue weighted by Gasteiger charge is -2.31. The number of carboxylic acids is 1. The molecule has 1 N–H and O–H groups in total. The Bertz CT molecular complexity index is 555. The van der Waals surface area contributed by atoms with Gasteiger partial charge in [-0.3, -0.25) is 4.79 Å². The fourth-order valence-corrected chi connectivity index (χ4v) is 2.69. The first-order chi connectivity index (χ1) is 9.93. The van der Waals surface area contributed by atoms with Crippen LogP contribution in [0.25, 0.3) is 0 Å². The molecule has 0 aromatic heterocycles. The molecule has 1 aliphatic heterocycles. The number of carbonyl (C=O) groups excluding carboxylic acids is 1. The van der Waals surface area contributed by atoms with E-state index in [1.165, 1.54) is 24.1 Å². The average molecular weight is 334 g/mol. The molecule has 0 radical (unpaired) electrons. The molecule has 1 amide bonds. The zero-order chi connectivity index (χ0) is 15.6. The fourth-order valence-electron chi connectivity index (χ4n) is 2.04. The molecular formula is C13H13Cl2NO5. The maximum Gasteiger partial charge on any atom is 0.334 e. The number of rotatable bonds is 3. The van der Waals surface area contributed by atoms with E-state index >= 15 is 0 Å². The summed E-state index contributed by atoms with van der Waals surface area (Å²) in [4.78, 5) is 24.7. The molecule has 1 aliphatic rings. The van der Waals surface area contributed by atoms with Crippen molar-refractivity contribution in [2.75, 3.05) is 26.8 Å². The number of hydrogen-bond acceptors (Lipinski definition) is 4. The van der Waals surface area contributed by atoms with Gasteiger partial charge < -0.3 is 19.5 Å². The molecule has 21 heavy (non-hydrogen) atoms. The van der Waals surface area contributed by atoms with Gasteiger partial charge in [-0.1, -0.05) is 23.2 Å². The van der Waals surface area contributed by atoms with Gasteiger partial charge in [-0.25, -0.2) is 4.79 Å². The lowest BCUT2D eigenvalue weighted by molar-refractivity contribution is -0.154. The number of hydrogen-bond donors (Lipinski definition) is 1. The summed E-state index contributed by atoms with van der Waals surface area (Å²) in [5.41, 5.74) is 0.275. The lowest BCUT2D eigenvalue weighted by Crippen LogP contribution is -2.48. The standard InChI is InChI=1S/C13H13Cl2NO5/c1-20-11-8(14)4-7(5-9(11)15)12(17)16-2-3-21-10(6-16)13(18)19/h4-5,10H,2-3,6H2,1H3,(H,18,19)/t10-/m0/s1. The Morgan fingerprint density at radius 2 is 2.00 bits per heavy atom. The van der Waals surface area contributed by atoms with Crippen molar-refractivity contribution in [3.05, 3.63) is 27.7 Å². The van der Waals surface area contributed by atoms with Crippen molar-refractivity contribution in [1.29, 1.82) is 0 Å². The molecule has 0 aliphatic carbocycles. The number of amides is 1. The lowest BCUT2D eigenvalue weighted by atomic mass is 10.1. The number of morpholine rings is 1. The molecular weight excluding hydrogens is 321 g/mol. The van der Waals surface area contributed by atoms with Crippen molar-refractivity contribution in [3.63, 3.8) is 0 Å². The predicted molar refractivity (Wildman–Crippen MR) is 76.3 cm³/mol. The van der Waals surface area contributed by atoms with E-state index in [0.29, 0.717) is 12.3 Å². The third-order valence-corrected chi connectivity index (χ3v) is 3.64. The molecule has 0 saturated carbocycles. The smallest absolute Gasteiger partial charge is 0.334 e. The zero-order valence-corrected chi connectivity index (χ0v) is 12.6. The Balaban J connectivity index is 2.22. The highest BCUT2D eigenvalue weighted by Crippen LogP contribution is 2.34. The van der Waals surface area contributed by atoms with Crippen LogP contribution in [0.5, 0.6) is 5.75 Å². The first-order valence-electron chi connectivity index (χ1n) is 6.10. The zero-order valence-electron chi connectivity index (χ0n) is 11.1. The number of halogens is 2. The van der Waals surface area contributed by atoms with Crippen LogP contribution >= 0.6 is 23.2 Å². The Hall–Kier alpha value is -1.50. The summed E-state index contributed by atoms with van der Waals surface area (Å²) < 4.78 is 10.1. The van der Waals surface area contributed by atoms with E-state index in [0.717, 1.165) is 0 Å². The molecule has 1 aromatic rings. The summed E-state index contributed by atoms with van der Waals surface area (Å²) in [6.45, 7) is 0.458. The van der Waals surface area contributed by atoms with Gasteiger partial charge in [-0.05, 0) is 12.1 Å². The quantitative estimate of drug-likeness (QED) is 0.914. The van der Waals surface area contributed by atoms with E-state index in [1.54, 1.807) is 0 Å². The molecule has 114 valence electrons. The van der Waals surface area contributed by atoms with Crippen molar-refractivity contribution in [2.24, 2.45) is 0 Å². The largest absolute Gasteiger partial charge is 0.494 e. The van der Waals surface area contributed by atoms with E-state index in [-0.39, 0.29) is 34.7 Å². The SMILES string of the molecule is COc1c(Cl)cc(C(=O)N2CCO[C@H](C(=O)O)C2)cc1Cl. The minimum absolute atomic E-state index is 0.0184. The highest BCUT2D eigenvalue weighted by atomic mass is 35.5. The molecule has 6 nitrogen and oxygen atoms in total. The maximum atomic E-state index is 12.4. The van der Waals surface area contributed by atoms with Gasteiger partial charge in [0.1, 0.15) is 0 Å². The molecule has 0 unspecified atom stereocenters. The first-order valence-corrected chi connectivity index (χ1v) is 6.86. The number of carboxylic acid groups (broad SMARTS) is 1. The topological polar surface area (TPSA) is 76.1 Å². The van der Waals surface area contributed by atoms with Crippen molar-refractivity contribution >= 4 is 35.1 Å². The fraction of sp³-hybridized carbons (Fsp3) is 0.385. The first kappa shape index (κ1) is 15.9. The molecule has 1 atom stereocenters. The second kappa shape index (κ2) is 6.51. The van der Waals surface area contributed by atoms with Gasteiger partial charge in [0.25, 0.3) is 5.91 Å². The molecule has 1 saturated heterocycles. The Morgan fingerprint density at radius 1 is 1.38 bits per heavy atom. The van der Waals surface area contributed by atoms with E-state index in [1.807, 2.05) is 0 Å². The molecule has 2 rings (SSSR count). The van der Waals surface area contributed by atoms with Gasteiger partial charge in [0.05, 0.1) is 30.3 Å². The maximum absolute atomic E-state index is 12.4. The number of ether oxygens (including phenoxy) is 2. The van der Waals surface area contributed by atoms with Crippen LogP contribution in [0.2, 0.25) is 10.0 Å². The van der Waals surface area contributed by atoms with Gasteiger partial charge in [0.2, 0.25) is 0 Å². The van der Waals surface area contributed by atoms with Crippen molar-refractivity contribution in [3.8, 4) is 5.75 Å². The van der Waals surface area contributed by atoms with Crippen molar-refractivity contribution < 1.29 is 24.2 Å². The molecule has 1 fully saturated rings. The Kier molecular flexibility index (Phi) is 4.92. The van der Waals surface area contributed by atoms with E-state index < -0.39 is 12.1 Å². The van der Waals surface area contributed by atoms with E-state index in [2.05, 4.69) is 0 Å². The predicted octanol–water partition coefficient (Wildman–Crippen LogP) is 1.93. The van der Waals surface area contributed by atoms with E-state index in [4.69, 9.17) is 37.8 Å². The summed E-state index contributed by atoms with van der Waals surface area (Å²) in [5.74, 6) is -1.16. The van der Waals surface area contributed by atoms with Gasteiger partial charge in [0.15, 0.2) is 11.9 Å². The summed E-state index contributed by atoms with van der Waals surface area (Å²) in [6, 6.07) is 2.89. The normalized spacial score (nSPS) is 18.4. The van der Waals surface area contributed by atoms with Gasteiger partial charge in [-0.15, -0.1) is 0 Å². The van der Waals surface area contributed by atoms with Crippen LogP contribution in [-0.4, -0.2) is 54.8 Å². The highest BCUT2D eigenvalue weighted by Gasteiger charge is 2.30. The average Bonchev–Trinajstić information content (AvgIpc) is 2.46. The highest BCUT2D eigenvalue weighted by molar-refractivity contribution is 6.37. The minimum Gasteiger partial charge on any atom is -0.494 e. The summed E-state index contributed by atoms with van der Waals surface area (Å²) in [6.07, 6.45) is -1.02. The second-order valence-electron chi connectivity index (χ2n) is 4.42. The van der Waals surface area contributed by atoms with Crippen LogP contribution in [0, 0.1) is 0 Å². The molecule has 1 aromatic carbocycles. The van der Waals surface area contributed by atoms with E-state index in [9.17, 15) is 9.59 Å². The van der Waals surface area contributed by atoms with Crippen LogP contribution < -0.4 is 4.74 Å². The third kappa shape index (κ3) is 3.40. The number of aliphatic carboxylic acids is 1. The number of carbonyl (C=O) groups is 2. The van der Waals surface area contributed by atoms with Crippen molar-refractivity contribution in [2.45, 2.75) is 6.10 Å². The van der Waals surface area contributed by atoms with Crippen LogP contribution in [0.4, 0.5) is 0 Å². The van der Waals surface area contributed by atoms with Crippen LogP contribution in [-0.2, 0) is 9.53 Å². The van der Waals surface area contributed by atoms with Crippen LogP contribution in [0.15, 0.2) is 12.1 Å². The summed E-state index contributed by atoms with van der Waals surface area (Å²) in [7, 11) is 1.42. The van der Waals surface area contributed by atoms with Crippen LogP contribution in [0.1, 0.15) is 10.4 Å². The number of methoxy groups -OCH3 is 1. The van der Waals surface area contributed by atoms with Gasteiger partial charge in [-0.2, -0.15) is 0 Å². The second-order valence-corrected chi connectivity index (χ2v) is 5.24. The van der Waals surface area contributed by atoms with Gasteiger partial charge >= 0.3 is 5.97 Å². The molecule has 8 heteroatoms. The number of nitrogens with zero attached hydrogens (tertiary/aromatic N) is 1. The molecule has 0 spiro atoms. The van der Waals surface area contributed by atoms with Crippen LogP contribution in [0.3, 0.4) is 0 Å². The third-order valence-electron chi connectivity index (χ3n) is 3.08.